The van der Waals surface area contributed by atoms with Crippen molar-refractivity contribution in [2.45, 2.75) is 26.2 Å². The Morgan fingerprint density at radius 1 is 1.26 bits per heavy atom. The molecule has 3 aromatic rings. The Kier molecular flexibility index (Phi) is 5.12. The molecule has 178 valence electrons. The maximum Gasteiger partial charge on any atom is 0.228 e. The van der Waals surface area contributed by atoms with Crippen LogP contribution in [0.2, 0.25) is 0 Å². The van der Waals surface area contributed by atoms with E-state index >= 15 is 0 Å². The zero-order chi connectivity index (χ0) is 27.0. The van der Waals surface area contributed by atoms with Gasteiger partial charge in [-0.15, -0.1) is 10.2 Å². The van der Waals surface area contributed by atoms with Crippen molar-refractivity contribution in [2.75, 3.05) is 31.2 Å². The number of amides is 2. The van der Waals surface area contributed by atoms with Crippen LogP contribution in [0.1, 0.15) is 40.7 Å². The summed E-state index contributed by atoms with van der Waals surface area (Å²) in [6.45, 7) is 0.284. The van der Waals surface area contributed by atoms with Crippen LogP contribution in [0.15, 0.2) is 30.6 Å². The first kappa shape index (κ1) is 19.3. The summed E-state index contributed by atoms with van der Waals surface area (Å²) >= 11 is 0. The largest absolute Gasteiger partial charge is 0.371 e. The van der Waals surface area contributed by atoms with Gasteiger partial charge in [-0.25, -0.2) is 9.97 Å². The number of pyridine rings is 2. The highest BCUT2D eigenvalue weighted by Crippen LogP contribution is 2.38. The van der Waals surface area contributed by atoms with Crippen molar-refractivity contribution in [3.8, 4) is 11.8 Å². The van der Waals surface area contributed by atoms with Crippen LogP contribution < -0.4 is 10.6 Å². The second-order valence-corrected chi connectivity index (χ2v) is 9.30. The van der Waals surface area contributed by atoms with E-state index in [1.807, 2.05) is 26.1 Å². The van der Waals surface area contributed by atoms with Crippen molar-refractivity contribution in [1.29, 1.82) is 0 Å². The molecular weight excluding hydrogens is 442 g/mol. The Hall–Kier alpha value is -4.06. The number of nitrogens with zero attached hydrogens (tertiary/aromatic N) is 5. The Labute approximate surface area is 208 Å². The van der Waals surface area contributed by atoms with Gasteiger partial charge < -0.3 is 15.5 Å². The molecule has 0 radical (unpaired) electrons. The summed E-state index contributed by atoms with van der Waals surface area (Å²) in [5.74, 6) is 7.00. The van der Waals surface area contributed by atoms with Crippen molar-refractivity contribution in [2.24, 2.45) is 17.8 Å². The SMILES string of the molecule is [2H]C([2H])([2H])Nc1ncc(C#Cc2ccc(C[C@@H]3CC(=O)N(C)C3)cn2)c2cc(NC(=O)[C@H]3C[C@H]3C)nnc12. The Bertz CT molecular complexity index is 1460. The normalized spacial score (nSPS) is 22.6. The monoisotopic (exact) mass is 472 g/mol. The third-order valence-electron chi connectivity index (χ3n) is 6.54. The lowest BCUT2D eigenvalue weighted by molar-refractivity contribution is -0.126. The van der Waals surface area contributed by atoms with Crippen LogP contribution in [0, 0.1) is 29.6 Å². The highest BCUT2D eigenvalue weighted by Gasteiger charge is 2.39. The van der Waals surface area contributed by atoms with Gasteiger partial charge in [-0.3, -0.25) is 9.59 Å². The predicted molar refractivity (Wildman–Crippen MR) is 132 cm³/mol. The number of hydrogen-bond acceptors (Lipinski definition) is 7. The van der Waals surface area contributed by atoms with Crippen molar-refractivity contribution in [3.63, 3.8) is 0 Å². The number of carbonyl (C=O) groups excluding carboxylic acids is 2. The molecule has 1 saturated carbocycles. The molecular formula is C26H27N7O2. The van der Waals surface area contributed by atoms with E-state index in [9.17, 15) is 9.59 Å². The second-order valence-electron chi connectivity index (χ2n) is 9.30. The molecule has 3 atom stereocenters. The van der Waals surface area contributed by atoms with Gasteiger partial charge in [-0.05, 0) is 48.3 Å². The lowest BCUT2D eigenvalue weighted by Crippen LogP contribution is -2.19. The molecule has 2 fully saturated rings. The molecule has 0 bridgehead atoms. The molecule has 0 spiro atoms. The zero-order valence-electron chi connectivity index (χ0n) is 22.5. The van der Waals surface area contributed by atoms with Crippen LogP contribution in [0.3, 0.4) is 0 Å². The van der Waals surface area contributed by atoms with Gasteiger partial charge in [0.15, 0.2) is 11.6 Å². The maximum atomic E-state index is 12.4. The molecule has 35 heavy (non-hydrogen) atoms. The highest BCUT2D eigenvalue weighted by atomic mass is 16.2. The Balaban J connectivity index is 1.40. The standard InChI is InChI=1S/C26H27N7O2/c1-15-8-20(15)26(35)30-22-11-21-18(13-29-25(27-2)24(21)32-31-22)5-7-19-6-4-16(12-28-19)9-17-10-23(34)33(3)14-17/h4,6,11-13,15,17,20H,8-10,14H2,1-3H3,(H,27,29)(H,30,31,35)/t15-,17-,20+/m1/s1/i2D3. The van der Waals surface area contributed by atoms with E-state index in [1.165, 1.54) is 6.20 Å². The van der Waals surface area contributed by atoms with Gasteiger partial charge in [-0.2, -0.15) is 0 Å². The summed E-state index contributed by atoms with van der Waals surface area (Å²) in [6.07, 6.45) is 5.39. The van der Waals surface area contributed by atoms with Crippen molar-refractivity contribution >= 4 is 34.4 Å². The van der Waals surface area contributed by atoms with Crippen LogP contribution in [0.4, 0.5) is 11.6 Å². The third-order valence-corrected chi connectivity index (χ3v) is 6.54. The van der Waals surface area contributed by atoms with Gasteiger partial charge >= 0.3 is 0 Å². The van der Waals surface area contributed by atoms with Crippen LogP contribution in [-0.2, 0) is 16.0 Å². The molecule has 2 amide bonds. The molecule has 0 aromatic carbocycles. The molecule has 5 rings (SSSR count). The van der Waals surface area contributed by atoms with E-state index in [0.717, 1.165) is 24.9 Å². The van der Waals surface area contributed by atoms with E-state index in [-0.39, 0.29) is 40.8 Å². The lowest BCUT2D eigenvalue weighted by Gasteiger charge is -2.09. The first-order valence-electron chi connectivity index (χ1n) is 13.0. The molecule has 9 nitrogen and oxygen atoms in total. The molecule has 2 aliphatic rings. The van der Waals surface area contributed by atoms with Crippen LogP contribution in [0.25, 0.3) is 10.9 Å². The molecule has 0 unspecified atom stereocenters. The topological polar surface area (TPSA) is 113 Å². The number of rotatable bonds is 5. The average Bonchev–Trinajstić information content (AvgIpc) is 3.51. The molecule has 2 N–H and O–H groups in total. The average molecular weight is 473 g/mol. The Morgan fingerprint density at radius 2 is 2.11 bits per heavy atom. The van der Waals surface area contributed by atoms with Crippen LogP contribution in [0.5, 0.6) is 0 Å². The smallest absolute Gasteiger partial charge is 0.228 e. The van der Waals surface area contributed by atoms with Gasteiger partial charge in [-0.1, -0.05) is 18.9 Å². The number of fused-ring (bicyclic) bond motifs is 1. The second kappa shape index (κ2) is 9.29. The fourth-order valence-electron chi connectivity index (χ4n) is 4.37. The molecule has 1 saturated heterocycles. The lowest BCUT2D eigenvalue weighted by atomic mass is 9.99. The molecule has 1 aliphatic carbocycles. The minimum Gasteiger partial charge on any atom is -0.371 e. The predicted octanol–water partition coefficient (Wildman–Crippen LogP) is 2.48. The fourth-order valence-corrected chi connectivity index (χ4v) is 4.37. The number of likely N-dealkylation sites (tertiary alicyclic amines) is 1. The Morgan fingerprint density at radius 3 is 2.80 bits per heavy atom. The van der Waals surface area contributed by atoms with Gasteiger partial charge in [0.1, 0.15) is 11.2 Å². The zero-order valence-corrected chi connectivity index (χ0v) is 19.5. The minimum atomic E-state index is -2.48. The first-order valence-corrected chi connectivity index (χ1v) is 11.5. The third kappa shape index (κ3) is 4.92. The van der Waals surface area contributed by atoms with Crippen molar-refractivity contribution in [1.82, 2.24) is 25.1 Å². The number of hydrogen-bond donors (Lipinski definition) is 2. The number of aromatic nitrogens is 4. The molecule has 3 aromatic heterocycles. The fraction of sp³-hybridized carbons (Fsp3) is 0.385. The summed E-state index contributed by atoms with van der Waals surface area (Å²) in [7, 11) is 1.82. The summed E-state index contributed by atoms with van der Waals surface area (Å²) in [5, 5.41) is 13.9. The van der Waals surface area contributed by atoms with Gasteiger partial charge in [0.25, 0.3) is 0 Å². The molecule has 4 heterocycles. The van der Waals surface area contributed by atoms with Gasteiger partial charge in [0.05, 0.1) is 5.56 Å². The first-order chi connectivity index (χ1) is 18.1. The molecule has 9 heteroatoms. The summed E-state index contributed by atoms with van der Waals surface area (Å²) in [6, 6.07) is 5.41. The summed E-state index contributed by atoms with van der Waals surface area (Å²) in [4.78, 5) is 34.6. The molecule has 1 aliphatic heterocycles. The maximum absolute atomic E-state index is 12.4. The van der Waals surface area contributed by atoms with Crippen LogP contribution in [-0.4, -0.2) is 57.4 Å². The number of anilines is 2. The number of carbonyl (C=O) groups is 2. The minimum absolute atomic E-state index is 0.0406. The van der Waals surface area contributed by atoms with Gasteiger partial charge in [0, 0.05) is 54.8 Å². The highest BCUT2D eigenvalue weighted by molar-refractivity contribution is 5.97. The van der Waals surface area contributed by atoms with E-state index in [0.29, 0.717) is 29.0 Å². The van der Waals surface area contributed by atoms with E-state index in [1.54, 1.807) is 17.2 Å². The van der Waals surface area contributed by atoms with Crippen molar-refractivity contribution in [3.05, 3.63) is 47.4 Å². The summed E-state index contributed by atoms with van der Waals surface area (Å²) in [5.41, 5.74) is 2.30. The number of nitrogens with one attached hydrogen (secondary N) is 2. The van der Waals surface area contributed by atoms with Crippen LogP contribution >= 0.6 is 0 Å². The van der Waals surface area contributed by atoms with E-state index < -0.39 is 6.98 Å². The van der Waals surface area contributed by atoms with Gasteiger partial charge in [0.2, 0.25) is 11.8 Å². The summed E-state index contributed by atoms with van der Waals surface area (Å²) < 4.78 is 22.6. The van der Waals surface area contributed by atoms with E-state index in [4.69, 9.17) is 4.11 Å². The quantitative estimate of drug-likeness (QED) is 0.549. The van der Waals surface area contributed by atoms with Crippen molar-refractivity contribution < 1.29 is 13.7 Å². The van der Waals surface area contributed by atoms with E-state index in [2.05, 4.69) is 42.6 Å².